The van der Waals surface area contributed by atoms with Crippen molar-refractivity contribution in [3.05, 3.63) is 24.5 Å². The Hall–Kier alpha value is -2.31. The van der Waals surface area contributed by atoms with Crippen LogP contribution >= 0.6 is 0 Å². The normalized spacial score (nSPS) is 12.3. The van der Waals surface area contributed by atoms with E-state index in [1.54, 1.807) is 24.5 Å². The Bertz CT molecular complexity index is 540. The molecule has 7 heteroatoms. The number of carboxylic acid groups (broad SMARTS) is 1. The number of hydrogen-bond donors (Lipinski definition) is 1. The van der Waals surface area contributed by atoms with E-state index in [0.717, 1.165) is 12.8 Å². The highest BCUT2D eigenvalue weighted by Gasteiger charge is 2.24. The van der Waals surface area contributed by atoms with Crippen LogP contribution in [0.1, 0.15) is 32.2 Å². The van der Waals surface area contributed by atoms with Crippen LogP contribution < -0.4 is 0 Å². The molecule has 7 nitrogen and oxygen atoms in total. The fourth-order valence-electron chi connectivity index (χ4n) is 1.84. The molecule has 2 heterocycles. The maximum Gasteiger partial charge on any atom is 0.328 e. The van der Waals surface area contributed by atoms with E-state index in [-0.39, 0.29) is 0 Å². The predicted molar refractivity (Wildman–Crippen MR) is 67.2 cm³/mol. The lowest BCUT2D eigenvalue weighted by Crippen LogP contribution is -2.21. The highest BCUT2D eigenvalue weighted by molar-refractivity contribution is 5.72. The summed E-state index contributed by atoms with van der Waals surface area (Å²) in [5.41, 5.74) is 0.704. The van der Waals surface area contributed by atoms with E-state index in [4.69, 9.17) is 0 Å². The highest BCUT2D eigenvalue weighted by atomic mass is 16.4. The van der Waals surface area contributed by atoms with Crippen molar-refractivity contribution in [2.75, 3.05) is 0 Å². The summed E-state index contributed by atoms with van der Waals surface area (Å²) in [4.78, 5) is 15.3. The predicted octanol–water partition coefficient (Wildman–Crippen LogP) is 1.55. The molecule has 100 valence electrons. The van der Waals surface area contributed by atoms with Gasteiger partial charge in [0, 0.05) is 18.0 Å². The van der Waals surface area contributed by atoms with E-state index in [1.165, 1.54) is 4.68 Å². The second kappa shape index (κ2) is 6.03. The van der Waals surface area contributed by atoms with Crippen molar-refractivity contribution in [1.82, 2.24) is 25.2 Å². The van der Waals surface area contributed by atoms with E-state index in [1.807, 2.05) is 6.92 Å². The first-order valence-electron chi connectivity index (χ1n) is 6.15. The molecule has 0 radical (unpaired) electrons. The first kappa shape index (κ1) is 13.1. The molecule has 2 aromatic rings. The van der Waals surface area contributed by atoms with Crippen LogP contribution in [0.3, 0.4) is 0 Å². The molecule has 0 saturated heterocycles. The summed E-state index contributed by atoms with van der Waals surface area (Å²) in [5, 5.41) is 20.6. The number of aliphatic carboxylic acids is 1. The fraction of sp³-hybridized carbons (Fsp3) is 0.417. The van der Waals surface area contributed by atoms with Gasteiger partial charge in [-0.15, -0.1) is 5.10 Å². The molecule has 0 fully saturated rings. The van der Waals surface area contributed by atoms with E-state index in [2.05, 4.69) is 20.5 Å². The average molecular weight is 261 g/mol. The fourth-order valence-corrected chi connectivity index (χ4v) is 1.84. The third kappa shape index (κ3) is 2.93. The quantitative estimate of drug-likeness (QED) is 0.847. The van der Waals surface area contributed by atoms with Crippen molar-refractivity contribution in [2.24, 2.45) is 0 Å². The molecular formula is C12H15N5O2. The van der Waals surface area contributed by atoms with Gasteiger partial charge in [-0.25, -0.2) is 9.48 Å². The van der Waals surface area contributed by atoms with E-state index < -0.39 is 12.0 Å². The van der Waals surface area contributed by atoms with Crippen LogP contribution in [-0.4, -0.2) is 36.3 Å². The summed E-state index contributed by atoms with van der Waals surface area (Å²) in [6.07, 6.45) is 5.49. The van der Waals surface area contributed by atoms with Gasteiger partial charge in [0.15, 0.2) is 11.9 Å². The van der Waals surface area contributed by atoms with Gasteiger partial charge in [0.05, 0.1) is 0 Å². The molecule has 2 rings (SSSR count). The minimum Gasteiger partial charge on any atom is -0.480 e. The monoisotopic (exact) mass is 261 g/mol. The number of nitrogens with zero attached hydrogens (tertiary/aromatic N) is 5. The lowest BCUT2D eigenvalue weighted by Gasteiger charge is -2.13. The first-order valence-corrected chi connectivity index (χ1v) is 6.15. The molecule has 0 aliphatic rings. The Kier molecular flexibility index (Phi) is 4.17. The van der Waals surface area contributed by atoms with Crippen LogP contribution in [-0.2, 0) is 4.79 Å². The number of unbranched alkanes of at least 4 members (excludes halogenated alkanes) is 1. The molecular weight excluding hydrogens is 246 g/mol. The highest BCUT2D eigenvalue weighted by Crippen LogP contribution is 2.21. The van der Waals surface area contributed by atoms with Crippen LogP contribution in [0.2, 0.25) is 0 Å². The van der Waals surface area contributed by atoms with Crippen molar-refractivity contribution in [3.8, 4) is 11.4 Å². The number of aromatic nitrogens is 5. The number of hydrogen-bond acceptors (Lipinski definition) is 5. The Morgan fingerprint density at radius 3 is 3.00 bits per heavy atom. The second-order valence-corrected chi connectivity index (χ2v) is 4.19. The van der Waals surface area contributed by atoms with Gasteiger partial charge >= 0.3 is 5.97 Å². The van der Waals surface area contributed by atoms with Crippen molar-refractivity contribution < 1.29 is 9.90 Å². The van der Waals surface area contributed by atoms with Crippen LogP contribution in [0.25, 0.3) is 11.4 Å². The Labute approximate surface area is 110 Å². The van der Waals surface area contributed by atoms with Crippen molar-refractivity contribution in [2.45, 2.75) is 32.2 Å². The molecule has 19 heavy (non-hydrogen) atoms. The van der Waals surface area contributed by atoms with Gasteiger partial charge in [-0.3, -0.25) is 4.98 Å². The number of tetrazole rings is 1. The second-order valence-electron chi connectivity index (χ2n) is 4.19. The van der Waals surface area contributed by atoms with Gasteiger partial charge in [0.25, 0.3) is 0 Å². The summed E-state index contributed by atoms with van der Waals surface area (Å²) in [6.45, 7) is 2.01. The number of rotatable bonds is 6. The molecule has 0 aromatic carbocycles. The molecule has 0 aliphatic heterocycles. The first-order chi connectivity index (χ1) is 9.24. The molecule has 0 aliphatic carbocycles. The molecule has 0 saturated carbocycles. The maximum atomic E-state index is 11.4. The largest absolute Gasteiger partial charge is 0.480 e. The van der Waals surface area contributed by atoms with Gasteiger partial charge < -0.3 is 5.11 Å². The Morgan fingerprint density at radius 1 is 1.53 bits per heavy atom. The molecule has 0 amide bonds. The minimum absolute atomic E-state index is 0.427. The summed E-state index contributed by atoms with van der Waals surface area (Å²) in [6, 6.07) is 2.81. The lowest BCUT2D eigenvalue weighted by atomic mass is 10.1. The standard InChI is InChI=1S/C12H15N5O2/c1-2-3-6-10(12(18)19)17-11(14-15-16-17)9-5-4-7-13-8-9/h4-5,7-8,10H,2-3,6H2,1H3,(H,18,19). The lowest BCUT2D eigenvalue weighted by molar-refractivity contribution is -0.141. The molecule has 1 unspecified atom stereocenters. The summed E-state index contributed by atoms with van der Waals surface area (Å²) < 4.78 is 1.36. The maximum absolute atomic E-state index is 11.4. The van der Waals surface area contributed by atoms with E-state index in [9.17, 15) is 9.90 Å². The van der Waals surface area contributed by atoms with Gasteiger partial charge in [0.1, 0.15) is 0 Å². The van der Waals surface area contributed by atoms with Crippen molar-refractivity contribution in [3.63, 3.8) is 0 Å². The van der Waals surface area contributed by atoms with Crippen LogP contribution in [0.4, 0.5) is 0 Å². The third-order valence-electron chi connectivity index (χ3n) is 2.82. The zero-order valence-electron chi connectivity index (χ0n) is 10.6. The smallest absolute Gasteiger partial charge is 0.328 e. The number of carboxylic acids is 1. The van der Waals surface area contributed by atoms with Crippen molar-refractivity contribution >= 4 is 5.97 Å². The number of carbonyl (C=O) groups is 1. The minimum atomic E-state index is -0.925. The van der Waals surface area contributed by atoms with Crippen LogP contribution in [0, 0.1) is 0 Å². The number of pyridine rings is 1. The van der Waals surface area contributed by atoms with Crippen LogP contribution in [0.15, 0.2) is 24.5 Å². The molecule has 0 bridgehead atoms. The van der Waals surface area contributed by atoms with Crippen LogP contribution in [0.5, 0.6) is 0 Å². The summed E-state index contributed by atoms with van der Waals surface area (Å²) in [5.74, 6) is -0.498. The summed E-state index contributed by atoms with van der Waals surface area (Å²) >= 11 is 0. The Morgan fingerprint density at radius 2 is 2.37 bits per heavy atom. The van der Waals surface area contributed by atoms with E-state index in [0.29, 0.717) is 17.8 Å². The Balaban J connectivity index is 2.34. The van der Waals surface area contributed by atoms with Gasteiger partial charge in [-0.2, -0.15) is 0 Å². The molecule has 0 spiro atoms. The van der Waals surface area contributed by atoms with Gasteiger partial charge in [-0.05, 0) is 29.0 Å². The van der Waals surface area contributed by atoms with E-state index >= 15 is 0 Å². The van der Waals surface area contributed by atoms with Gasteiger partial charge in [0.2, 0.25) is 0 Å². The third-order valence-corrected chi connectivity index (χ3v) is 2.82. The zero-order valence-corrected chi connectivity index (χ0v) is 10.6. The van der Waals surface area contributed by atoms with Gasteiger partial charge in [-0.1, -0.05) is 19.8 Å². The topological polar surface area (TPSA) is 93.8 Å². The van der Waals surface area contributed by atoms with Crippen molar-refractivity contribution in [1.29, 1.82) is 0 Å². The molecule has 2 aromatic heterocycles. The zero-order chi connectivity index (χ0) is 13.7. The molecule has 1 atom stereocenters. The summed E-state index contributed by atoms with van der Waals surface area (Å²) in [7, 11) is 0. The average Bonchev–Trinajstić information content (AvgIpc) is 2.89. The SMILES string of the molecule is CCCCC(C(=O)O)n1nnnc1-c1cccnc1. The molecule has 1 N–H and O–H groups in total.